The number of hydrogen-bond acceptors (Lipinski definition) is 2. The fraction of sp³-hybridized carbons (Fsp3) is 0.143. The molecule has 0 aromatic heterocycles. The molecule has 0 unspecified atom stereocenters. The molecule has 0 spiro atoms. The summed E-state index contributed by atoms with van der Waals surface area (Å²) in [4.78, 5) is 0. The van der Waals surface area contributed by atoms with E-state index in [1.54, 1.807) is 24.3 Å². The molecule has 5 heteroatoms. The molecule has 0 saturated heterocycles. The Hall–Kier alpha value is -1.46. The zero-order valence-corrected chi connectivity index (χ0v) is 11.5. The molecular weight excluding hydrogens is 318 g/mol. The highest BCUT2D eigenvalue weighted by molar-refractivity contribution is 9.10. The largest absolute Gasteiger partial charge is 0.486 e. The van der Waals surface area contributed by atoms with Crippen LogP contribution < -0.4 is 4.74 Å². The van der Waals surface area contributed by atoms with Gasteiger partial charge < -0.3 is 9.84 Å². The van der Waals surface area contributed by atoms with Gasteiger partial charge in [0.05, 0.1) is 6.61 Å². The monoisotopic (exact) mass is 328 g/mol. The van der Waals surface area contributed by atoms with Crippen molar-refractivity contribution < 1.29 is 18.6 Å². The van der Waals surface area contributed by atoms with E-state index in [0.29, 0.717) is 4.47 Å². The van der Waals surface area contributed by atoms with Gasteiger partial charge in [0.25, 0.3) is 0 Å². The molecule has 0 aliphatic rings. The van der Waals surface area contributed by atoms with Crippen LogP contribution in [0.25, 0.3) is 0 Å². The van der Waals surface area contributed by atoms with Crippen LogP contribution in [-0.4, -0.2) is 5.11 Å². The van der Waals surface area contributed by atoms with Crippen LogP contribution >= 0.6 is 15.9 Å². The zero-order valence-electron chi connectivity index (χ0n) is 9.87. The predicted octanol–water partition coefficient (Wildman–Crippen LogP) is 3.80. The van der Waals surface area contributed by atoms with E-state index < -0.39 is 11.6 Å². The molecule has 1 N–H and O–H groups in total. The summed E-state index contributed by atoms with van der Waals surface area (Å²) in [5, 5.41) is 8.91. The fourth-order valence-electron chi connectivity index (χ4n) is 1.54. The van der Waals surface area contributed by atoms with Gasteiger partial charge in [0.1, 0.15) is 6.61 Å². The summed E-state index contributed by atoms with van der Waals surface area (Å²) in [7, 11) is 0. The van der Waals surface area contributed by atoms with Crippen LogP contribution in [0.2, 0.25) is 0 Å². The Balaban J connectivity index is 2.09. The molecule has 100 valence electrons. The average Bonchev–Trinajstić information content (AvgIpc) is 2.41. The molecule has 2 aromatic rings. The van der Waals surface area contributed by atoms with Crippen molar-refractivity contribution in [3.8, 4) is 5.75 Å². The highest BCUT2D eigenvalue weighted by atomic mass is 79.9. The zero-order chi connectivity index (χ0) is 13.8. The van der Waals surface area contributed by atoms with E-state index in [-0.39, 0.29) is 19.0 Å². The van der Waals surface area contributed by atoms with Gasteiger partial charge in [0.15, 0.2) is 11.6 Å². The van der Waals surface area contributed by atoms with Crippen molar-refractivity contribution in [1.82, 2.24) is 0 Å². The van der Waals surface area contributed by atoms with Crippen molar-refractivity contribution in [3.05, 3.63) is 63.6 Å². The lowest BCUT2D eigenvalue weighted by atomic mass is 10.1. The average molecular weight is 329 g/mol. The summed E-state index contributed by atoms with van der Waals surface area (Å²) in [5.41, 5.74) is 1.58. The SMILES string of the molecule is OCc1ccc(COc2cc(Br)cc(F)c2F)cc1. The number of ether oxygens (including phenoxy) is 1. The molecule has 19 heavy (non-hydrogen) atoms. The van der Waals surface area contributed by atoms with Gasteiger partial charge >= 0.3 is 0 Å². The predicted molar refractivity (Wildman–Crippen MR) is 70.8 cm³/mol. The first-order valence-corrected chi connectivity index (χ1v) is 6.35. The lowest BCUT2D eigenvalue weighted by Gasteiger charge is -2.09. The molecule has 0 radical (unpaired) electrons. The van der Waals surface area contributed by atoms with Gasteiger partial charge in [-0.1, -0.05) is 40.2 Å². The third kappa shape index (κ3) is 3.52. The molecule has 0 atom stereocenters. The van der Waals surface area contributed by atoms with E-state index in [9.17, 15) is 8.78 Å². The number of halogens is 3. The number of aliphatic hydroxyl groups excluding tert-OH is 1. The first-order chi connectivity index (χ1) is 9.10. The first kappa shape index (κ1) is 14.0. The summed E-state index contributed by atoms with van der Waals surface area (Å²) in [6.45, 7) is 0.0884. The van der Waals surface area contributed by atoms with Crippen molar-refractivity contribution in [2.75, 3.05) is 0 Å². The van der Waals surface area contributed by atoms with Crippen LogP contribution in [0.15, 0.2) is 40.9 Å². The van der Waals surface area contributed by atoms with Crippen LogP contribution in [0, 0.1) is 11.6 Å². The smallest absolute Gasteiger partial charge is 0.200 e. The van der Waals surface area contributed by atoms with Gasteiger partial charge in [-0.25, -0.2) is 4.39 Å². The molecule has 0 bridgehead atoms. The quantitative estimate of drug-likeness (QED) is 0.865. The van der Waals surface area contributed by atoms with Gasteiger partial charge in [-0.3, -0.25) is 0 Å². The maximum Gasteiger partial charge on any atom is 0.200 e. The number of rotatable bonds is 4. The van der Waals surface area contributed by atoms with E-state index >= 15 is 0 Å². The van der Waals surface area contributed by atoms with Gasteiger partial charge in [0.2, 0.25) is 5.82 Å². The second kappa shape index (κ2) is 6.12. The van der Waals surface area contributed by atoms with Gasteiger partial charge in [-0.05, 0) is 23.3 Å². The fourth-order valence-corrected chi connectivity index (χ4v) is 1.95. The van der Waals surface area contributed by atoms with Crippen molar-refractivity contribution in [2.45, 2.75) is 13.2 Å². The summed E-state index contributed by atoms with van der Waals surface area (Å²) in [6, 6.07) is 9.43. The van der Waals surface area contributed by atoms with E-state index in [0.717, 1.165) is 17.2 Å². The molecule has 2 nitrogen and oxygen atoms in total. The number of hydrogen-bond donors (Lipinski definition) is 1. The van der Waals surface area contributed by atoms with Crippen molar-refractivity contribution in [1.29, 1.82) is 0 Å². The van der Waals surface area contributed by atoms with E-state index in [1.807, 2.05) is 0 Å². The molecule has 0 fully saturated rings. The minimum atomic E-state index is -1.00. The topological polar surface area (TPSA) is 29.5 Å². The maximum absolute atomic E-state index is 13.4. The molecule has 2 aromatic carbocycles. The molecule has 2 rings (SSSR count). The molecular formula is C14H11BrF2O2. The van der Waals surface area contributed by atoms with Gasteiger partial charge in [-0.15, -0.1) is 0 Å². The Morgan fingerprint density at radius 1 is 1.05 bits per heavy atom. The van der Waals surface area contributed by atoms with Crippen LogP contribution in [0.3, 0.4) is 0 Å². The van der Waals surface area contributed by atoms with Crippen LogP contribution in [0.1, 0.15) is 11.1 Å². The first-order valence-electron chi connectivity index (χ1n) is 5.56. The van der Waals surface area contributed by atoms with Crippen molar-refractivity contribution in [2.24, 2.45) is 0 Å². The Morgan fingerprint density at radius 2 is 1.68 bits per heavy atom. The van der Waals surface area contributed by atoms with E-state index in [2.05, 4.69) is 15.9 Å². The highest BCUT2D eigenvalue weighted by Gasteiger charge is 2.11. The Labute approximate surface area is 117 Å². The summed E-state index contributed by atoms with van der Waals surface area (Å²) >= 11 is 3.08. The summed E-state index contributed by atoms with van der Waals surface area (Å²) < 4.78 is 32.3. The third-order valence-corrected chi connectivity index (χ3v) is 3.02. The van der Waals surface area contributed by atoms with Gasteiger partial charge in [-0.2, -0.15) is 4.39 Å². The molecule has 0 amide bonds. The maximum atomic E-state index is 13.4. The second-order valence-corrected chi connectivity index (χ2v) is 4.88. The lowest BCUT2D eigenvalue weighted by molar-refractivity contribution is 0.279. The van der Waals surface area contributed by atoms with Crippen LogP contribution in [-0.2, 0) is 13.2 Å². The standard InChI is InChI=1S/C14H11BrF2O2/c15-11-5-12(16)14(17)13(6-11)19-8-10-3-1-9(7-18)2-4-10/h1-6,18H,7-8H2. The second-order valence-electron chi connectivity index (χ2n) is 3.96. The Kier molecular flexibility index (Phi) is 4.50. The number of aliphatic hydroxyl groups is 1. The Morgan fingerprint density at radius 3 is 2.32 bits per heavy atom. The summed E-state index contributed by atoms with van der Waals surface area (Å²) in [6.07, 6.45) is 0. The minimum Gasteiger partial charge on any atom is -0.486 e. The Bertz CT molecular complexity index is 570. The van der Waals surface area contributed by atoms with Crippen molar-refractivity contribution in [3.63, 3.8) is 0 Å². The van der Waals surface area contributed by atoms with Crippen LogP contribution in [0.5, 0.6) is 5.75 Å². The third-order valence-electron chi connectivity index (χ3n) is 2.56. The van der Waals surface area contributed by atoms with E-state index in [4.69, 9.17) is 9.84 Å². The van der Waals surface area contributed by atoms with Gasteiger partial charge in [0, 0.05) is 4.47 Å². The molecule has 0 aliphatic carbocycles. The normalized spacial score (nSPS) is 10.5. The van der Waals surface area contributed by atoms with E-state index in [1.165, 1.54) is 6.07 Å². The van der Waals surface area contributed by atoms with Crippen LogP contribution in [0.4, 0.5) is 8.78 Å². The summed E-state index contributed by atoms with van der Waals surface area (Å²) in [5.74, 6) is -2.10. The number of benzene rings is 2. The lowest BCUT2D eigenvalue weighted by Crippen LogP contribution is -1.99. The molecule has 0 saturated carbocycles. The highest BCUT2D eigenvalue weighted by Crippen LogP contribution is 2.26. The molecule has 0 heterocycles. The molecule has 0 aliphatic heterocycles. The minimum absolute atomic E-state index is 0.0351. The van der Waals surface area contributed by atoms with Crippen molar-refractivity contribution >= 4 is 15.9 Å².